The van der Waals surface area contributed by atoms with E-state index in [1.165, 1.54) is 18.7 Å². The molecule has 1 aliphatic rings. The SMILES string of the molecule is CN1CCN(CCCOc2c(Cl)cccc2C(C)(C)C)CC1. The lowest BCUT2D eigenvalue weighted by atomic mass is 9.86. The maximum atomic E-state index is 6.34. The Labute approximate surface area is 140 Å². The largest absolute Gasteiger partial charge is 0.492 e. The van der Waals surface area contributed by atoms with Crippen LogP contribution in [0.25, 0.3) is 0 Å². The second kappa shape index (κ2) is 7.67. The molecule has 1 saturated heterocycles. The van der Waals surface area contributed by atoms with E-state index in [4.69, 9.17) is 16.3 Å². The average Bonchev–Trinajstić information content (AvgIpc) is 2.45. The Balaban J connectivity index is 1.84. The van der Waals surface area contributed by atoms with Crippen LogP contribution in [0, 0.1) is 0 Å². The number of benzene rings is 1. The second-order valence-corrected chi connectivity index (χ2v) is 7.62. The zero-order valence-corrected chi connectivity index (χ0v) is 15.1. The molecule has 1 fully saturated rings. The van der Waals surface area contributed by atoms with E-state index in [1.54, 1.807) is 0 Å². The minimum atomic E-state index is 0.0394. The molecular formula is C18H29ClN2O. The number of rotatable bonds is 5. The third kappa shape index (κ3) is 4.87. The summed E-state index contributed by atoms with van der Waals surface area (Å²) in [6.45, 7) is 13.0. The average molecular weight is 325 g/mol. The van der Waals surface area contributed by atoms with Gasteiger partial charge in [-0.3, -0.25) is 0 Å². The molecule has 1 aliphatic heterocycles. The van der Waals surface area contributed by atoms with Crippen LogP contribution in [-0.2, 0) is 5.41 Å². The quantitative estimate of drug-likeness (QED) is 0.769. The van der Waals surface area contributed by atoms with E-state index in [1.807, 2.05) is 12.1 Å². The topological polar surface area (TPSA) is 15.7 Å². The Morgan fingerprint density at radius 2 is 1.82 bits per heavy atom. The Kier molecular flexibility index (Phi) is 6.13. The number of ether oxygens (including phenoxy) is 1. The minimum Gasteiger partial charge on any atom is -0.492 e. The van der Waals surface area contributed by atoms with Gasteiger partial charge >= 0.3 is 0 Å². The zero-order valence-electron chi connectivity index (χ0n) is 14.4. The van der Waals surface area contributed by atoms with Crippen LogP contribution in [0.3, 0.4) is 0 Å². The summed E-state index contributed by atoms with van der Waals surface area (Å²) in [5.41, 5.74) is 1.22. The van der Waals surface area contributed by atoms with Gasteiger partial charge in [0.1, 0.15) is 5.75 Å². The predicted octanol–water partition coefficient (Wildman–Crippen LogP) is 3.65. The zero-order chi connectivity index (χ0) is 16.2. The molecule has 3 nitrogen and oxygen atoms in total. The number of nitrogens with zero attached hydrogens (tertiary/aromatic N) is 2. The van der Waals surface area contributed by atoms with Crippen molar-refractivity contribution in [1.29, 1.82) is 0 Å². The van der Waals surface area contributed by atoms with Gasteiger partial charge in [-0.05, 0) is 24.9 Å². The van der Waals surface area contributed by atoms with Crippen molar-refractivity contribution in [3.63, 3.8) is 0 Å². The minimum absolute atomic E-state index is 0.0394. The van der Waals surface area contributed by atoms with Crippen molar-refractivity contribution in [1.82, 2.24) is 9.80 Å². The first kappa shape index (κ1) is 17.6. The lowest BCUT2D eigenvalue weighted by molar-refractivity contribution is 0.145. The second-order valence-electron chi connectivity index (χ2n) is 7.21. The van der Waals surface area contributed by atoms with Gasteiger partial charge in [0, 0.05) is 38.3 Å². The van der Waals surface area contributed by atoms with Gasteiger partial charge in [-0.25, -0.2) is 0 Å². The van der Waals surface area contributed by atoms with Crippen LogP contribution in [0.5, 0.6) is 5.75 Å². The number of para-hydroxylation sites is 1. The highest BCUT2D eigenvalue weighted by molar-refractivity contribution is 6.32. The summed E-state index contributed by atoms with van der Waals surface area (Å²) in [7, 11) is 2.19. The summed E-state index contributed by atoms with van der Waals surface area (Å²) in [4.78, 5) is 4.90. The maximum Gasteiger partial charge on any atom is 0.141 e. The van der Waals surface area contributed by atoms with Crippen LogP contribution >= 0.6 is 11.6 Å². The predicted molar refractivity (Wildman–Crippen MR) is 94.2 cm³/mol. The van der Waals surface area contributed by atoms with Gasteiger partial charge < -0.3 is 14.5 Å². The van der Waals surface area contributed by atoms with Crippen LogP contribution in [0.1, 0.15) is 32.8 Å². The third-order valence-corrected chi connectivity index (χ3v) is 4.53. The molecule has 1 heterocycles. The molecule has 4 heteroatoms. The highest BCUT2D eigenvalue weighted by atomic mass is 35.5. The number of hydrogen-bond donors (Lipinski definition) is 0. The lowest BCUT2D eigenvalue weighted by Crippen LogP contribution is -2.44. The van der Waals surface area contributed by atoms with Crippen molar-refractivity contribution in [3.05, 3.63) is 28.8 Å². The molecule has 1 aromatic carbocycles. The van der Waals surface area contributed by atoms with E-state index in [9.17, 15) is 0 Å². The molecule has 0 aliphatic carbocycles. The van der Waals surface area contributed by atoms with Crippen LogP contribution in [-0.4, -0.2) is 56.2 Å². The van der Waals surface area contributed by atoms with Gasteiger partial charge in [0.15, 0.2) is 0 Å². The first-order chi connectivity index (χ1) is 10.4. The van der Waals surface area contributed by atoms with Crippen LogP contribution in [0.4, 0.5) is 0 Å². The van der Waals surface area contributed by atoms with Gasteiger partial charge in [0.25, 0.3) is 0 Å². The lowest BCUT2D eigenvalue weighted by Gasteiger charge is -2.32. The molecule has 0 aromatic heterocycles. The van der Waals surface area contributed by atoms with Crippen molar-refractivity contribution in [2.45, 2.75) is 32.6 Å². The van der Waals surface area contributed by atoms with Crippen molar-refractivity contribution >= 4 is 11.6 Å². The molecule has 0 radical (unpaired) electrons. The van der Waals surface area contributed by atoms with Crippen molar-refractivity contribution in [2.24, 2.45) is 0 Å². The van der Waals surface area contributed by atoms with E-state index < -0.39 is 0 Å². The summed E-state index contributed by atoms with van der Waals surface area (Å²) in [5, 5.41) is 0.715. The molecule has 0 atom stereocenters. The standard InChI is InChI=1S/C18H29ClN2O/c1-18(2,3)15-7-5-8-16(19)17(15)22-14-6-9-21-12-10-20(4)11-13-21/h5,7-8H,6,9-14H2,1-4H3. The normalized spacial score (nSPS) is 17.7. The summed E-state index contributed by atoms with van der Waals surface area (Å²) < 4.78 is 6.04. The van der Waals surface area contributed by atoms with Crippen LogP contribution < -0.4 is 4.74 Å². The Bertz CT molecular complexity index is 476. The molecular weight excluding hydrogens is 296 g/mol. The maximum absolute atomic E-state index is 6.34. The molecule has 0 unspecified atom stereocenters. The summed E-state index contributed by atoms with van der Waals surface area (Å²) >= 11 is 6.34. The Hall–Kier alpha value is -0.770. The summed E-state index contributed by atoms with van der Waals surface area (Å²) in [6, 6.07) is 6.02. The van der Waals surface area contributed by atoms with E-state index in [0.29, 0.717) is 5.02 Å². The molecule has 124 valence electrons. The van der Waals surface area contributed by atoms with Crippen molar-refractivity contribution in [3.8, 4) is 5.75 Å². The third-order valence-electron chi connectivity index (χ3n) is 4.24. The van der Waals surface area contributed by atoms with E-state index in [-0.39, 0.29) is 5.41 Å². The first-order valence-electron chi connectivity index (χ1n) is 8.20. The smallest absolute Gasteiger partial charge is 0.141 e. The first-order valence-corrected chi connectivity index (χ1v) is 8.58. The van der Waals surface area contributed by atoms with E-state index >= 15 is 0 Å². The van der Waals surface area contributed by atoms with Gasteiger partial charge in [0.05, 0.1) is 11.6 Å². The molecule has 0 N–H and O–H groups in total. The van der Waals surface area contributed by atoms with Gasteiger partial charge in [-0.1, -0.05) is 44.5 Å². The van der Waals surface area contributed by atoms with E-state index in [2.05, 4.69) is 43.7 Å². The highest BCUT2D eigenvalue weighted by Crippen LogP contribution is 2.36. The number of halogens is 1. The van der Waals surface area contributed by atoms with Gasteiger partial charge in [-0.2, -0.15) is 0 Å². The molecule has 0 amide bonds. The van der Waals surface area contributed by atoms with Crippen LogP contribution in [0.2, 0.25) is 5.02 Å². The summed E-state index contributed by atoms with van der Waals surface area (Å²) in [5.74, 6) is 0.857. The number of likely N-dealkylation sites (N-methyl/N-ethyl adjacent to an activating group) is 1. The molecule has 0 saturated carbocycles. The van der Waals surface area contributed by atoms with Crippen molar-refractivity contribution in [2.75, 3.05) is 46.4 Å². The molecule has 2 rings (SSSR count). The monoisotopic (exact) mass is 324 g/mol. The van der Waals surface area contributed by atoms with E-state index in [0.717, 1.165) is 38.4 Å². The van der Waals surface area contributed by atoms with Crippen molar-refractivity contribution < 1.29 is 4.74 Å². The molecule has 1 aromatic rings. The summed E-state index contributed by atoms with van der Waals surface area (Å²) in [6.07, 6.45) is 1.04. The number of piperazine rings is 1. The Morgan fingerprint density at radius 3 is 2.45 bits per heavy atom. The fraction of sp³-hybridized carbons (Fsp3) is 0.667. The molecule has 0 spiro atoms. The Morgan fingerprint density at radius 1 is 1.14 bits per heavy atom. The van der Waals surface area contributed by atoms with Gasteiger partial charge in [0.2, 0.25) is 0 Å². The highest BCUT2D eigenvalue weighted by Gasteiger charge is 2.21. The fourth-order valence-corrected chi connectivity index (χ4v) is 3.01. The van der Waals surface area contributed by atoms with Crippen LogP contribution in [0.15, 0.2) is 18.2 Å². The fourth-order valence-electron chi connectivity index (χ4n) is 2.78. The number of hydrogen-bond acceptors (Lipinski definition) is 3. The molecule has 22 heavy (non-hydrogen) atoms. The molecule has 0 bridgehead atoms. The van der Waals surface area contributed by atoms with Gasteiger partial charge in [-0.15, -0.1) is 0 Å².